The number of nitrogens with zero attached hydrogens (tertiary/aromatic N) is 2. The number of carboxylic acids is 1. The Morgan fingerprint density at radius 1 is 1.47 bits per heavy atom. The van der Waals surface area contributed by atoms with E-state index in [2.05, 4.69) is 10.4 Å². The van der Waals surface area contributed by atoms with Gasteiger partial charge in [-0.3, -0.25) is 0 Å². The first-order valence-electron chi connectivity index (χ1n) is 5.89. The number of benzene rings is 1. The molecule has 2 heterocycles. The maximum Gasteiger partial charge on any atom is 0.341 e. The Bertz CT molecular complexity index is 649. The summed E-state index contributed by atoms with van der Waals surface area (Å²) in [5, 5.41) is 17.4. The topological polar surface area (TPSA) is 67.2 Å². The third kappa shape index (κ3) is 1.96. The van der Waals surface area contributed by atoms with Crippen LogP contribution < -0.4 is 5.32 Å². The maximum atomic E-state index is 11.2. The molecular formula is C13H12ClN3O2. The molecular weight excluding hydrogens is 266 g/mol. The average molecular weight is 278 g/mol. The zero-order valence-electron chi connectivity index (χ0n) is 10.2. The lowest BCUT2D eigenvalue weighted by Gasteiger charge is -2.11. The molecule has 1 aliphatic heterocycles. The van der Waals surface area contributed by atoms with E-state index in [0.717, 1.165) is 5.56 Å². The summed E-state index contributed by atoms with van der Waals surface area (Å²) >= 11 is 5.86. The summed E-state index contributed by atoms with van der Waals surface area (Å²) in [6, 6.07) is 7.53. The highest BCUT2D eigenvalue weighted by Gasteiger charge is 2.30. The molecule has 2 N–H and O–H groups in total. The second-order valence-corrected chi connectivity index (χ2v) is 4.98. The normalized spacial score (nSPS) is 17.1. The number of aromatic carboxylic acids is 1. The first-order chi connectivity index (χ1) is 9.06. The van der Waals surface area contributed by atoms with Crippen LogP contribution in [0.4, 0.5) is 5.82 Å². The van der Waals surface area contributed by atoms with Crippen molar-refractivity contribution in [2.75, 3.05) is 5.32 Å². The van der Waals surface area contributed by atoms with E-state index in [0.29, 0.717) is 23.1 Å². The van der Waals surface area contributed by atoms with Crippen LogP contribution in [-0.2, 0) is 6.54 Å². The molecule has 0 amide bonds. The van der Waals surface area contributed by atoms with Gasteiger partial charge < -0.3 is 10.4 Å². The molecule has 2 aromatic rings. The van der Waals surface area contributed by atoms with Crippen molar-refractivity contribution in [3.05, 3.63) is 46.1 Å². The van der Waals surface area contributed by atoms with Crippen molar-refractivity contribution in [1.82, 2.24) is 9.78 Å². The van der Waals surface area contributed by atoms with Crippen molar-refractivity contribution in [1.29, 1.82) is 0 Å². The lowest BCUT2D eigenvalue weighted by atomic mass is 10.1. The van der Waals surface area contributed by atoms with Crippen LogP contribution in [0.3, 0.4) is 0 Å². The highest BCUT2D eigenvalue weighted by molar-refractivity contribution is 6.30. The molecule has 0 aliphatic carbocycles. The molecule has 3 rings (SSSR count). The van der Waals surface area contributed by atoms with Gasteiger partial charge in [-0.15, -0.1) is 0 Å². The first kappa shape index (κ1) is 12.0. The zero-order valence-corrected chi connectivity index (χ0v) is 11.0. The second kappa shape index (κ2) is 4.28. The zero-order chi connectivity index (χ0) is 13.6. The molecule has 0 saturated carbocycles. The van der Waals surface area contributed by atoms with Crippen molar-refractivity contribution in [2.24, 2.45) is 0 Å². The largest absolute Gasteiger partial charge is 0.477 e. The number of anilines is 1. The molecule has 5 nitrogen and oxygen atoms in total. The molecule has 0 bridgehead atoms. The van der Waals surface area contributed by atoms with Crippen LogP contribution in [0.1, 0.15) is 27.7 Å². The fourth-order valence-electron chi connectivity index (χ4n) is 2.38. The van der Waals surface area contributed by atoms with Crippen LogP contribution in [0.15, 0.2) is 24.3 Å². The van der Waals surface area contributed by atoms with E-state index in [9.17, 15) is 9.90 Å². The maximum absolute atomic E-state index is 11.2. The number of fused-ring (bicyclic) bond motifs is 1. The van der Waals surface area contributed by atoms with Gasteiger partial charge in [0.15, 0.2) is 0 Å². The molecule has 1 aromatic carbocycles. The number of carboxylic acid groups (broad SMARTS) is 1. The number of nitrogens with one attached hydrogen (secondary N) is 1. The van der Waals surface area contributed by atoms with E-state index < -0.39 is 5.97 Å². The Morgan fingerprint density at radius 2 is 2.16 bits per heavy atom. The first-order valence-corrected chi connectivity index (χ1v) is 6.27. The lowest BCUT2D eigenvalue weighted by molar-refractivity contribution is 0.0697. The van der Waals surface area contributed by atoms with Gasteiger partial charge in [0.2, 0.25) is 0 Å². The predicted molar refractivity (Wildman–Crippen MR) is 71.7 cm³/mol. The van der Waals surface area contributed by atoms with Crippen LogP contribution >= 0.6 is 11.6 Å². The van der Waals surface area contributed by atoms with Crippen molar-refractivity contribution >= 4 is 23.4 Å². The number of hydrogen-bond donors (Lipinski definition) is 2. The van der Waals surface area contributed by atoms with Gasteiger partial charge in [0.05, 0.1) is 18.3 Å². The van der Waals surface area contributed by atoms with Gasteiger partial charge in [-0.25, -0.2) is 9.48 Å². The summed E-state index contributed by atoms with van der Waals surface area (Å²) in [6.45, 7) is 2.32. The minimum Gasteiger partial charge on any atom is -0.477 e. The molecule has 0 unspecified atom stereocenters. The van der Waals surface area contributed by atoms with Gasteiger partial charge in [0.25, 0.3) is 0 Å². The van der Waals surface area contributed by atoms with Gasteiger partial charge in [0.1, 0.15) is 11.4 Å². The molecule has 98 valence electrons. The van der Waals surface area contributed by atoms with Gasteiger partial charge >= 0.3 is 5.97 Å². The van der Waals surface area contributed by atoms with Gasteiger partial charge in [-0.2, -0.15) is 5.10 Å². The predicted octanol–water partition coefficient (Wildman–Crippen LogP) is 2.71. The summed E-state index contributed by atoms with van der Waals surface area (Å²) in [5.41, 5.74) is 1.84. The number of hydrogen-bond acceptors (Lipinski definition) is 3. The molecule has 6 heteroatoms. The third-order valence-corrected chi connectivity index (χ3v) is 3.53. The molecule has 1 aliphatic rings. The van der Waals surface area contributed by atoms with Crippen molar-refractivity contribution in [2.45, 2.75) is 19.5 Å². The van der Waals surface area contributed by atoms with Crippen LogP contribution in [0.25, 0.3) is 0 Å². The van der Waals surface area contributed by atoms with Crippen molar-refractivity contribution < 1.29 is 9.90 Å². The average Bonchev–Trinajstić information content (AvgIpc) is 2.85. The van der Waals surface area contributed by atoms with E-state index in [1.54, 1.807) is 11.6 Å². The molecule has 1 aromatic heterocycles. The monoisotopic (exact) mass is 277 g/mol. The molecule has 1 atom stereocenters. The number of carbonyl (C=O) groups is 1. The fourth-order valence-corrected chi connectivity index (χ4v) is 2.51. The van der Waals surface area contributed by atoms with E-state index >= 15 is 0 Å². The van der Waals surface area contributed by atoms with Gasteiger partial charge in [-0.1, -0.05) is 23.7 Å². The molecule has 19 heavy (non-hydrogen) atoms. The Labute approximate surface area is 114 Å². The Hall–Kier alpha value is -2.01. The SMILES string of the molecule is Cc1nn2c(c1C(=O)O)N[C@H](c1ccc(Cl)cc1)C2. The number of halogens is 1. The summed E-state index contributed by atoms with van der Waals surface area (Å²) in [6.07, 6.45) is 0. The Kier molecular flexibility index (Phi) is 2.71. The standard InChI is InChI=1S/C13H12ClN3O2/c1-7-11(13(18)19)12-15-10(6-17(12)16-7)8-2-4-9(14)5-3-8/h2-5,10,15H,6H2,1H3,(H,18,19)/t10-/m0/s1. The van der Waals surface area contributed by atoms with E-state index in [4.69, 9.17) is 11.6 Å². The smallest absolute Gasteiger partial charge is 0.341 e. The number of aryl methyl sites for hydroxylation is 1. The number of rotatable bonds is 2. The third-order valence-electron chi connectivity index (χ3n) is 3.28. The Balaban J connectivity index is 1.92. The van der Waals surface area contributed by atoms with Gasteiger partial charge in [-0.05, 0) is 24.6 Å². The second-order valence-electron chi connectivity index (χ2n) is 4.54. The van der Waals surface area contributed by atoms with Crippen LogP contribution in [0.2, 0.25) is 5.02 Å². The van der Waals surface area contributed by atoms with Crippen molar-refractivity contribution in [3.8, 4) is 0 Å². The fraction of sp³-hybridized carbons (Fsp3) is 0.231. The highest BCUT2D eigenvalue weighted by Crippen LogP contribution is 2.33. The molecule has 0 radical (unpaired) electrons. The molecule has 0 saturated heterocycles. The molecule has 0 fully saturated rings. The van der Waals surface area contributed by atoms with Crippen molar-refractivity contribution in [3.63, 3.8) is 0 Å². The lowest BCUT2D eigenvalue weighted by Crippen LogP contribution is -2.09. The minimum absolute atomic E-state index is 0.0264. The van der Waals surface area contributed by atoms with E-state index in [-0.39, 0.29) is 11.6 Å². The quantitative estimate of drug-likeness (QED) is 0.886. The highest BCUT2D eigenvalue weighted by atomic mass is 35.5. The summed E-state index contributed by atoms with van der Waals surface area (Å²) < 4.78 is 1.71. The summed E-state index contributed by atoms with van der Waals surface area (Å²) in [5.74, 6) is -0.382. The van der Waals surface area contributed by atoms with E-state index in [1.165, 1.54) is 0 Å². The number of aromatic nitrogens is 2. The molecule has 0 spiro atoms. The van der Waals surface area contributed by atoms with Crippen LogP contribution in [0.5, 0.6) is 0 Å². The minimum atomic E-state index is -0.956. The summed E-state index contributed by atoms with van der Waals surface area (Å²) in [4.78, 5) is 11.2. The summed E-state index contributed by atoms with van der Waals surface area (Å²) in [7, 11) is 0. The Morgan fingerprint density at radius 3 is 2.79 bits per heavy atom. The van der Waals surface area contributed by atoms with Crippen LogP contribution in [0, 0.1) is 6.92 Å². The van der Waals surface area contributed by atoms with Gasteiger partial charge in [0, 0.05) is 5.02 Å². The van der Waals surface area contributed by atoms with Crippen LogP contribution in [-0.4, -0.2) is 20.9 Å². The van der Waals surface area contributed by atoms with E-state index in [1.807, 2.05) is 24.3 Å².